The van der Waals surface area contributed by atoms with Crippen molar-refractivity contribution in [1.29, 1.82) is 0 Å². The monoisotopic (exact) mass is 706 g/mol. The smallest absolute Gasteiger partial charge is 0.123 e. The van der Waals surface area contributed by atoms with E-state index in [1.54, 1.807) is 30.3 Å². The second-order valence-corrected chi connectivity index (χ2v) is 14.5. The molecule has 0 atom stereocenters. The highest BCUT2D eigenvalue weighted by molar-refractivity contribution is 5.55. The van der Waals surface area contributed by atoms with E-state index in [1.807, 2.05) is 39.0 Å². The number of benzene rings is 4. The van der Waals surface area contributed by atoms with Crippen LogP contribution < -0.4 is 4.74 Å². The van der Waals surface area contributed by atoms with Crippen LogP contribution in [0.3, 0.4) is 0 Å². The average Bonchev–Trinajstić information content (AvgIpc) is 3.11. The summed E-state index contributed by atoms with van der Waals surface area (Å²) in [4.78, 5) is 0. The van der Waals surface area contributed by atoms with Crippen molar-refractivity contribution in [3.8, 4) is 17.2 Å². The van der Waals surface area contributed by atoms with Crippen LogP contribution in [0.4, 0.5) is 22.7 Å². The van der Waals surface area contributed by atoms with Gasteiger partial charge in [0.2, 0.25) is 0 Å². The molecule has 0 heterocycles. The minimum absolute atomic E-state index is 0.201. The highest BCUT2D eigenvalue weighted by Crippen LogP contribution is 2.35. The van der Waals surface area contributed by atoms with E-state index in [4.69, 9.17) is 4.74 Å². The first-order chi connectivity index (χ1) is 25.0. The lowest BCUT2D eigenvalue weighted by Crippen LogP contribution is -2.02. The van der Waals surface area contributed by atoms with Crippen LogP contribution in [0.15, 0.2) is 93.3 Å². The molecule has 2 N–H and O–H groups in total. The van der Waals surface area contributed by atoms with E-state index in [2.05, 4.69) is 79.3 Å². The van der Waals surface area contributed by atoms with Crippen LogP contribution in [0.1, 0.15) is 138 Å². The molecule has 0 aliphatic rings. The van der Waals surface area contributed by atoms with Gasteiger partial charge in [-0.2, -0.15) is 20.5 Å². The number of hydrogen-bond donors (Lipinski definition) is 2. The van der Waals surface area contributed by atoms with Crippen LogP contribution in [0.2, 0.25) is 0 Å². The number of unbranched alkanes of at least 4 members (excludes halogenated alkanes) is 9. The summed E-state index contributed by atoms with van der Waals surface area (Å²) in [5.74, 6) is 2.10. The Kier molecular flexibility index (Phi) is 18.1. The van der Waals surface area contributed by atoms with Gasteiger partial charge in [0.05, 0.1) is 29.4 Å². The fourth-order valence-corrected chi connectivity index (χ4v) is 5.76. The maximum atomic E-state index is 9.90. The lowest BCUT2D eigenvalue weighted by molar-refractivity contribution is 0.300. The van der Waals surface area contributed by atoms with Crippen molar-refractivity contribution in [3.63, 3.8) is 0 Å². The van der Waals surface area contributed by atoms with Crippen molar-refractivity contribution in [3.05, 3.63) is 101 Å². The van der Waals surface area contributed by atoms with E-state index in [9.17, 15) is 10.2 Å². The minimum Gasteiger partial charge on any atom is -0.508 e. The van der Waals surface area contributed by atoms with E-state index < -0.39 is 0 Å². The molecule has 4 aromatic rings. The zero-order valence-corrected chi connectivity index (χ0v) is 33.0. The summed E-state index contributed by atoms with van der Waals surface area (Å²) >= 11 is 0. The molecule has 0 unspecified atom stereocenters. The maximum Gasteiger partial charge on any atom is 0.123 e. The first-order valence-electron chi connectivity index (χ1n) is 19.3. The molecule has 280 valence electrons. The minimum atomic E-state index is 0.201. The molecule has 7 nitrogen and oxygen atoms in total. The number of phenols is 2. The molecule has 0 fully saturated rings. The van der Waals surface area contributed by atoms with Crippen LogP contribution >= 0.6 is 0 Å². The van der Waals surface area contributed by atoms with Gasteiger partial charge in [0.1, 0.15) is 17.2 Å². The summed E-state index contributed by atoms with van der Waals surface area (Å²) in [5, 5.41) is 36.4. The van der Waals surface area contributed by atoms with Crippen molar-refractivity contribution in [2.24, 2.45) is 20.5 Å². The van der Waals surface area contributed by atoms with Crippen LogP contribution in [0, 0.1) is 20.8 Å². The molecule has 0 radical (unpaired) electrons. The van der Waals surface area contributed by atoms with Crippen LogP contribution in [0.5, 0.6) is 17.2 Å². The van der Waals surface area contributed by atoms with Crippen LogP contribution in [0.25, 0.3) is 0 Å². The molecular weight excluding hydrogens is 645 g/mol. The summed E-state index contributed by atoms with van der Waals surface area (Å²) in [6.07, 6.45) is 13.4. The average molecular weight is 707 g/mol. The van der Waals surface area contributed by atoms with Gasteiger partial charge < -0.3 is 14.9 Å². The van der Waals surface area contributed by atoms with Gasteiger partial charge in [-0.25, -0.2) is 0 Å². The van der Waals surface area contributed by atoms with Crippen molar-refractivity contribution in [1.82, 2.24) is 0 Å². The highest BCUT2D eigenvalue weighted by Gasteiger charge is 2.13. The molecule has 0 aliphatic heterocycles. The van der Waals surface area contributed by atoms with Crippen LogP contribution in [-0.4, -0.2) is 16.8 Å². The van der Waals surface area contributed by atoms with Crippen molar-refractivity contribution < 1.29 is 14.9 Å². The van der Waals surface area contributed by atoms with E-state index in [0.717, 1.165) is 52.5 Å². The molecule has 0 aliphatic carbocycles. The number of hydrogen-bond acceptors (Lipinski definition) is 7. The molecule has 0 saturated heterocycles. The maximum absolute atomic E-state index is 9.90. The molecule has 0 aromatic heterocycles. The van der Waals surface area contributed by atoms with E-state index in [0.29, 0.717) is 17.4 Å². The quantitative estimate of drug-likeness (QED) is 0.0795. The predicted molar refractivity (Wildman–Crippen MR) is 217 cm³/mol. The van der Waals surface area contributed by atoms with Gasteiger partial charge in [0.25, 0.3) is 0 Å². The lowest BCUT2D eigenvalue weighted by atomic mass is 9.99. The lowest BCUT2D eigenvalue weighted by Gasteiger charge is -2.16. The van der Waals surface area contributed by atoms with E-state index in [1.165, 1.54) is 68.9 Å². The largest absolute Gasteiger partial charge is 0.508 e. The number of aromatic hydroxyl groups is 2. The van der Waals surface area contributed by atoms with Crippen LogP contribution in [-0.2, 0) is 0 Å². The van der Waals surface area contributed by atoms with Gasteiger partial charge in [0.15, 0.2) is 0 Å². The SMILES string of the molecule is CCCCCCCCCCCCOc1cc(C)c(N=Nc2ccc(C)cc2)cc1C(C)C.Cc1cc(O)c(C(C)C)cc1N=Nc1ccc(O)cc1. The first-order valence-corrected chi connectivity index (χ1v) is 19.3. The molecule has 0 bridgehead atoms. The third kappa shape index (κ3) is 14.6. The Morgan fingerprint density at radius 2 is 1.00 bits per heavy atom. The zero-order valence-electron chi connectivity index (χ0n) is 33.0. The van der Waals surface area contributed by atoms with E-state index >= 15 is 0 Å². The van der Waals surface area contributed by atoms with Gasteiger partial charge in [-0.1, -0.05) is 110 Å². The highest BCUT2D eigenvalue weighted by atomic mass is 16.5. The predicted octanol–water partition coefficient (Wildman–Crippen LogP) is 15.1. The summed E-state index contributed by atoms with van der Waals surface area (Å²) in [6.45, 7) is 17.6. The third-order valence-electron chi connectivity index (χ3n) is 9.10. The second kappa shape index (κ2) is 22.4. The number of phenolic OH excluding ortho intramolecular Hbond substituents is 2. The summed E-state index contributed by atoms with van der Waals surface area (Å²) < 4.78 is 6.21. The molecule has 0 saturated carbocycles. The fraction of sp³-hybridized carbons (Fsp3) is 0.467. The fourth-order valence-electron chi connectivity index (χ4n) is 5.76. The van der Waals surface area contributed by atoms with Gasteiger partial charge in [0, 0.05) is 0 Å². The van der Waals surface area contributed by atoms with E-state index in [-0.39, 0.29) is 11.7 Å². The topological polar surface area (TPSA) is 99.1 Å². The molecule has 52 heavy (non-hydrogen) atoms. The van der Waals surface area contributed by atoms with Gasteiger partial charge in [-0.15, -0.1) is 0 Å². The summed E-state index contributed by atoms with van der Waals surface area (Å²) in [6, 6.07) is 22.5. The molecule has 0 spiro atoms. The Bertz CT molecular complexity index is 1690. The number of azo groups is 2. The number of nitrogens with zero attached hydrogens (tertiary/aromatic N) is 4. The van der Waals surface area contributed by atoms with Gasteiger partial charge >= 0.3 is 0 Å². The van der Waals surface area contributed by atoms with Gasteiger partial charge in [-0.05, 0) is 122 Å². The summed E-state index contributed by atoms with van der Waals surface area (Å²) in [5.41, 5.74) is 8.46. The van der Waals surface area contributed by atoms with Crippen molar-refractivity contribution in [2.75, 3.05) is 6.61 Å². The Balaban J connectivity index is 0.000000311. The normalized spacial score (nSPS) is 11.5. The van der Waals surface area contributed by atoms with Crippen molar-refractivity contribution >= 4 is 22.7 Å². The molecular formula is C45H62N4O3. The summed E-state index contributed by atoms with van der Waals surface area (Å²) in [7, 11) is 0. The number of rotatable bonds is 18. The number of ether oxygens (including phenoxy) is 1. The Morgan fingerprint density at radius 1 is 0.538 bits per heavy atom. The molecule has 4 aromatic carbocycles. The Hall–Kier alpha value is -4.52. The van der Waals surface area contributed by atoms with Crippen molar-refractivity contribution in [2.45, 2.75) is 131 Å². The number of aryl methyl sites for hydroxylation is 3. The standard InChI is InChI=1S/C29H44N2O.C16H18N2O2/c1-6-7-8-9-10-11-12-13-14-15-20-32-29-21-25(5)28(22-27(29)23(2)3)31-30-26-18-16-24(4)17-19-26;1-10(2)14-9-15(11(3)8-16(14)20)18-17-12-4-6-13(19)7-5-12/h16-19,21-23H,6-15,20H2,1-5H3;4-10,19-20H,1-3H3. The Morgan fingerprint density at radius 3 is 1.52 bits per heavy atom. The molecule has 7 heteroatoms. The molecule has 4 rings (SSSR count). The van der Waals surface area contributed by atoms with Gasteiger partial charge in [-0.3, -0.25) is 0 Å². The first kappa shape index (κ1) is 41.9. The zero-order chi connectivity index (χ0) is 37.9. The third-order valence-corrected chi connectivity index (χ3v) is 9.10. The second-order valence-electron chi connectivity index (χ2n) is 14.5. The molecule has 0 amide bonds. The Labute approximate surface area is 313 Å².